The molecule has 2 rings (SSSR count). The van der Waals surface area contributed by atoms with Crippen molar-refractivity contribution in [1.82, 2.24) is 9.21 Å². The molecule has 1 atom stereocenters. The Labute approximate surface area is 127 Å². The van der Waals surface area contributed by atoms with Crippen LogP contribution in [0.4, 0.5) is 0 Å². The fourth-order valence-corrected chi connectivity index (χ4v) is 3.71. The third-order valence-electron chi connectivity index (χ3n) is 3.41. The van der Waals surface area contributed by atoms with Gasteiger partial charge in [-0.2, -0.15) is 15.6 Å². The van der Waals surface area contributed by atoms with E-state index in [4.69, 9.17) is 5.73 Å². The molecular weight excluding hydrogens is 314 g/mol. The second-order valence-corrected chi connectivity index (χ2v) is 7.75. The maximum Gasteiger partial charge on any atom is 0.254 e. The molecule has 1 aliphatic rings. The van der Waals surface area contributed by atoms with Gasteiger partial charge in [-0.05, 0) is 11.4 Å². The highest BCUT2D eigenvalue weighted by Gasteiger charge is 2.32. The topological polar surface area (TPSA) is 101 Å². The van der Waals surface area contributed by atoms with Crippen molar-refractivity contribution in [3.63, 3.8) is 0 Å². The van der Waals surface area contributed by atoms with E-state index in [0.717, 1.165) is 6.26 Å². The Kier molecular flexibility index (Phi) is 4.64. The SMILES string of the molecule is CS(=O)(=O)N1CCN(C(=O)c2ccsc2)CC(C(N)=O)C1. The number of carbonyl (C=O) groups excluding carboxylic acids is 2. The van der Waals surface area contributed by atoms with E-state index in [1.807, 2.05) is 0 Å². The van der Waals surface area contributed by atoms with Crippen LogP contribution in [-0.4, -0.2) is 61.9 Å². The molecule has 0 aliphatic carbocycles. The third-order valence-corrected chi connectivity index (χ3v) is 5.36. The van der Waals surface area contributed by atoms with E-state index in [1.54, 1.807) is 16.8 Å². The summed E-state index contributed by atoms with van der Waals surface area (Å²) in [7, 11) is -3.43. The highest BCUT2D eigenvalue weighted by atomic mass is 32.2. The molecular formula is C12H17N3O4S2. The number of amides is 2. The molecule has 0 radical (unpaired) electrons. The monoisotopic (exact) mass is 331 g/mol. The molecule has 116 valence electrons. The molecule has 9 heteroatoms. The Hall–Kier alpha value is -1.45. The lowest BCUT2D eigenvalue weighted by atomic mass is 10.1. The minimum Gasteiger partial charge on any atom is -0.369 e. The first-order valence-electron chi connectivity index (χ1n) is 6.35. The number of nitrogens with zero attached hydrogens (tertiary/aromatic N) is 2. The van der Waals surface area contributed by atoms with Gasteiger partial charge in [0.1, 0.15) is 0 Å². The number of nitrogens with two attached hydrogens (primary N) is 1. The second-order valence-electron chi connectivity index (χ2n) is 4.98. The maximum absolute atomic E-state index is 12.4. The molecule has 21 heavy (non-hydrogen) atoms. The summed E-state index contributed by atoms with van der Waals surface area (Å²) in [5, 5.41) is 3.51. The Balaban J connectivity index is 2.22. The van der Waals surface area contributed by atoms with Crippen LogP contribution >= 0.6 is 11.3 Å². The standard InChI is InChI=1S/C12H17N3O4S2/c1-21(18,19)15-4-3-14(6-10(7-15)11(13)16)12(17)9-2-5-20-8-9/h2,5,8,10H,3-4,6-7H2,1H3,(H2,13,16). The molecule has 1 aromatic heterocycles. The molecule has 1 unspecified atom stereocenters. The zero-order valence-corrected chi connectivity index (χ0v) is 13.2. The number of rotatable bonds is 3. The largest absolute Gasteiger partial charge is 0.369 e. The van der Waals surface area contributed by atoms with Crippen LogP contribution in [0.15, 0.2) is 16.8 Å². The summed E-state index contributed by atoms with van der Waals surface area (Å²) < 4.78 is 24.6. The summed E-state index contributed by atoms with van der Waals surface area (Å²) in [5.74, 6) is -1.52. The van der Waals surface area contributed by atoms with Gasteiger partial charge in [0, 0.05) is 31.6 Å². The van der Waals surface area contributed by atoms with Crippen LogP contribution in [0.5, 0.6) is 0 Å². The van der Waals surface area contributed by atoms with Gasteiger partial charge in [0.2, 0.25) is 15.9 Å². The zero-order valence-electron chi connectivity index (χ0n) is 11.6. The molecule has 1 saturated heterocycles. The van der Waals surface area contributed by atoms with Gasteiger partial charge in [-0.15, -0.1) is 0 Å². The first kappa shape index (κ1) is 15.9. The van der Waals surface area contributed by atoms with Crippen LogP contribution in [0, 0.1) is 5.92 Å². The Bertz CT molecular complexity index is 627. The van der Waals surface area contributed by atoms with Crippen LogP contribution in [0.3, 0.4) is 0 Å². The first-order valence-corrected chi connectivity index (χ1v) is 9.14. The number of primary amides is 1. The van der Waals surface area contributed by atoms with E-state index in [0.29, 0.717) is 5.56 Å². The van der Waals surface area contributed by atoms with Crippen molar-refractivity contribution in [3.8, 4) is 0 Å². The zero-order chi connectivity index (χ0) is 15.6. The van der Waals surface area contributed by atoms with Gasteiger partial charge in [-0.25, -0.2) is 8.42 Å². The number of hydrogen-bond donors (Lipinski definition) is 1. The number of thiophene rings is 1. The fourth-order valence-electron chi connectivity index (χ4n) is 2.22. The van der Waals surface area contributed by atoms with Crippen molar-refractivity contribution >= 4 is 33.2 Å². The molecule has 0 spiro atoms. The molecule has 0 aromatic carbocycles. The highest BCUT2D eigenvalue weighted by Crippen LogP contribution is 2.16. The van der Waals surface area contributed by atoms with Crippen LogP contribution in [0.2, 0.25) is 0 Å². The van der Waals surface area contributed by atoms with Crippen LogP contribution < -0.4 is 5.73 Å². The average molecular weight is 331 g/mol. The molecule has 2 amide bonds. The minimum atomic E-state index is -3.43. The molecule has 7 nitrogen and oxygen atoms in total. The quantitative estimate of drug-likeness (QED) is 0.812. The first-order chi connectivity index (χ1) is 9.79. The van der Waals surface area contributed by atoms with Crippen molar-refractivity contribution in [2.24, 2.45) is 11.7 Å². The summed E-state index contributed by atoms with van der Waals surface area (Å²) in [6.45, 7) is 0.557. The van der Waals surface area contributed by atoms with Crippen molar-refractivity contribution in [2.45, 2.75) is 0 Å². The van der Waals surface area contributed by atoms with E-state index < -0.39 is 21.8 Å². The molecule has 1 aliphatic heterocycles. The fraction of sp³-hybridized carbons (Fsp3) is 0.500. The van der Waals surface area contributed by atoms with E-state index in [2.05, 4.69) is 0 Å². The Morgan fingerprint density at radius 3 is 2.57 bits per heavy atom. The van der Waals surface area contributed by atoms with E-state index in [9.17, 15) is 18.0 Å². The van der Waals surface area contributed by atoms with Gasteiger partial charge >= 0.3 is 0 Å². The van der Waals surface area contributed by atoms with Gasteiger partial charge in [0.25, 0.3) is 5.91 Å². The Morgan fingerprint density at radius 1 is 1.33 bits per heavy atom. The summed E-state index contributed by atoms with van der Waals surface area (Å²) in [4.78, 5) is 25.3. The van der Waals surface area contributed by atoms with Gasteiger partial charge in [-0.3, -0.25) is 9.59 Å². The van der Waals surface area contributed by atoms with Crippen LogP contribution in [0.1, 0.15) is 10.4 Å². The van der Waals surface area contributed by atoms with Crippen molar-refractivity contribution in [2.75, 3.05) is 32.4 Å². The van der Waals surface area contributed by atoms with Crippen molar-refractivity contribution in [1.29, 1.82) is 0 Å². The Morgan fingerprint density at radius 2 is 2.05 bits per heavy atom. The third kappa shape index (κ3) is 3.80. The number of sulfonamides is 1. The lowest BCUT2D eigenvalue weighted by molar-refractivity contribution is -0.122. The van der Waals surface area contributed by atoms with Crippen LogP contribution in [-0.2, 0) is 14.8 Å². The number of hydrogen-bond acceptors (Lipinski definition) is 5. The molecule has 0 bridgehead atoms. The molecule has 2 heterocycles. The van der Waals surface area contributed by atoms with Gasteiger partial charge < -0.3 is 10.6 Å². The van der Waals surface area contributed by atoms with Crippen molar-refractivity contribution in [3.05, 3.63) is 22.4 Å². The van der Waals surface area contributed by atoms with Crippen LogP contribution in [0.25, 0.3) is 0 Å². The van der Waals surface area contributed by atoms with E-state index in [-0.39, 0.29) is 32.1 Å². The predicted molar refractivity (Wildman–Crippen MR) is 79.3 cm³/mol. The van der Waals surface area contributed by atoms with Gasteiger partial charge in [0.05, 0.1) is 17.7 Å². The summed E-state index contributed by atoms with van der Waals surface area (Å²) in [6, 6.07) is 1.70. The minimum absolute atomic E-state index is 0.0155. The maximum atomic E-state index is 12.4. The summed E-state index contributed by atoms with van der Waals surface area (Å²) >= 11 is 1.40. The molecule has 1 fully saturated rings. The lowest BCUT2D eigenvalue weighted by Crippen LogP contribution is -2.41. The summed E-state index contributed by atoms with van der Waals surface area (Å²) in [6.07, 6.45) is 1.08. The smallest absolute Gasteiger partial charge is 0.254 e. The summed E-state index contributed by atoms with van der Waals surface area (Å²) in [5.41, 5.74) is 5.86. The van der Waals surface area contributed by atoms with Crippen molar-refractivity contribution < 1.29 is 18.0 Å². The van der Waals surface area contributed by atoms with Gasteiger partial charge in [-0.1, -0.05) is 0 Å². The number of carbonyl (C=O) groups is 2. The van der Waals surface area contributed by atoms with Gasteiger partial charge in [0.15, 0.2) is 0 Å². The van der Waals surface area contributed by atoms with E-state index in [1.165, 1.54) is 20.5 Å². The lowest BCUT2D eigenvalue weighted by Gasteiger charge is -2.22. The average Bonchev–Trinajstić information content (AvgIpc) is 2.81. The molecule has 1 aromatic rings. The second kappa shape index (κ2) is 6.12. The normalized spacial score (nSPS) is 21.0. The highest BCUT2D eigenvalue weighted by molar-refractivity contribution is 7.88. The molecule has 2 N–H and O–H groups in total. The predicted octanol–water partition coefficient (Wildman–Crippen LogP) is -0.433. The van der Waals surface area contributed by atoms with E-state index >= 15 is 0 Å². The molecule has 0 saturated carbocycles.